The summed E-state index contributed by atoms with van der Waals surface area (Å²) in [5, 5.41) is 2.60. The number of rotatable bonds is 5. The molecule has 23 heavy (non-hydrogen) atoms. The number of carbonyl (C=O) groups excluding carboxylic acids is 2. The number of ether oxygens (including phenoxy) is 2. The molecule has 0 atom stereocenters. The number of nitrogens with zero attached hydrogens (tertiary/aromatic N) is 1. The van der Waals surface area contributed by atoms with Crippen LogP contribution in [0.15, 0.2) is 24.3 Å². The van der Waals surface area contributed by atoms with Gasteiger partial charge < -0.3 is 19.7 Å². The topological polar surface area (TPSA) is 67.9 Å². The molecule has 0 aromatic heterocycles. The quantitative estimate of drug-likeness (QED) is 0.659. The first-order valence-electron chi connectivity index (χ1n) is 7.94. The van der Waals surface area contributed by atoms with E-state index in [4.69, 9.17) is 9.47 Å². The SMILES string of the molecule is COc1ccc(OCCNC(=O)C(=O)N2CCC(C)CC2)cc1. The van der Waals surface area contributed by atoms with Crippen LogP contribution in [0.3, 0.4) is 0 Å². The summed E-state index contributed by atoms with van der Waals surface area (Å²) in [7, 11) is 1.60. The molecular formula is C17H24N2O4. The molecule has 0 spiro atoms. The van der Waals surface area contributed by atoms with E-state index in [2.05, 4.69) is 12.2 Å². The van der Waals surface area contributed by atoms with E-state index in [0.717, 1.165) is 18.6 Å². The van der Waals surface area contributed by atoms with Gasteiger partial charge in [-0.05, 0) is 43.0 Å². The number of amides is 2. The molecule has 1 N–H and O–H groups in total. The predicted molar refractivity (Wildman–Crippen MR) is 86.5 cm³/mol. The fourth-order valence-electron chi connectivity index (χ4n) is 2.44. The van der Waals surface area contributed by atoms with Gasteiger partial charge in [0, 0.05) is 13.1 Å². The highest BCUT2D eigenvalue weighted by Gasteiger charge is 2.25. The first-order chi connectivity index (χ1) is 11.1. The standard InChI is InChI=1S/C17H24N2O4/c1-13-7-10-19(11-8-13)17(21)16(20)18-9-12-23-15-5-3-14(22-2)4-6-15/h3-6,13H,7-12H2,1-2H3,(H,18,20). The van der Waals surface area contributed by atoms with Gasteiger partial charge in [0.25, 0.3) is 0 Å². The molecule has 1 saturated heterocycles. The van der Waals surface area contributed by atoms with E-state index in [1.165, 1.54) is 0 Å². The fraction of sp³-hybridized carbons (Fsp3) is 0.529. The summed E-state index contributed by atoms with van der Waals surface area (Å²) in [5.41, 5.74) is 0. The molecule has 0 unspecified atom stereocenters. The second-order valence-electron chi connectivity index (χ2n) is 5.75. The van der Waals surface area contributed by atoms with Gasteiger partial charge in [-0.3, -0.25) is 9.59 Å². The Morgan fingerprint density at radius 2 is 1.78 bits per heavy atom. The van der Waals surface area contributed by atoms with Crippen LogP contribution in [0.2, 0.25) is 0 Å². The van der Waals surface area contributed by atoms with E-state index in [-0.39, 0.29) is 0 Å². The van der Waals surface area contributed by atoms with Crippen molar-refractivity contribution in [1.82, 2.24) is 10.2 Å². The number of benzene rings is 1. The summed E-state index contributed by atoms with van der Waals surface area (Å²) in [6.07, 6.45) is 1.92. The molecule has 1 aromatic carbocycles. The zero-order chi connectivity index (χ0) is 16.7. The fourth-order valence-corrected chi connectivity index (χ4v) is 2.44. The van der Waals surface area contributed by atoms with Crippen molar-refractivity contribution in [1.29, 1.82) is 0 Å². The molecule has 6 heteroatoms. The maximum absolute atomic E-state index is 12.0. The normalized spacial score (nSPS) is 15.1. The van der Waals surface area contributed by atoms with Crippen molar-refractivity contribution in [3.8, 4) is 11.5 Å². The van der Waals surface area contributed by atoms with Gasteiger partial charge in [0.15, 0.2) is 0 Å². The smallest absolute Gasteiger partial charge is 0.311 e. The summed E-state index contributed by atoms with van der Waals surface area (Å²) in [6.45, 7) is 4.09. The Bertz CT molecular complexity index is 522. The second-order valence-corrected chi connectivity index (χ2v) is 5.75. The van der Waals surface area contributed by atoms with Crippen molar-refractivity contribution >= 4 is 11.8 Å². The molecule has 1 aliphatic rings. The Balaban J connectivity index is 1.66. The van der Waals surface area contributed by atoms with Crippen LogP contribution < -0.4 is 14.8 Å². The molecule has 2 amide bonds. The van der Waals surface area contributed by atoms with Gasteiger partial charge in [-0.25, -0.2) is 0 Å². The lowest BCUT2D eigenvalue weighted by molar-refractivity contribution is -0.146. The molecule has 0 saturated carbocycles. The summed E-state index contributed by atoms with van der Waals surface area (Å²) in [4.78, 5) is 25.5. The monoisotopic (exact) mass is 320 g/mol. The molecule has 2 rings (SSSR count). The van der Waals surface area contributed by atoms with Gasteiger partial charge in [0.05, 0.1) is 13.7 Å². The number of piperidine rings is 1. The number of likely N-dealkylation sites (tertiary alicyclic amines) is 1. The van der Waals surface area contributed by atoms with Crippen LogP contribution in [0.4, 0.5) is 0 Å². The summed E-state index contributed by atoms with van der Waals surface area (Å²) in [6, 6.07) is 7.19. The summed E-state index contributed by atoms with van der Waals surface area (Å²) >= 11 is 0. The largest absolute Gasteiger partial charge is 0.497 e. The Morgan fingerprint density at radius 1 is 1.17 bits per heavy atom. The minimum Gasteiger partial charge on any atom is -0.497 e. The van der Waals surface area contributed by atoms with Gasteiger partial charge in [-0.1, -0.05) is 6.92 Å². The number of nitrogens with one attached hydrogen (secondary N) is 1. The van der Waals surface area contributed by atoms with Crippen LogP contribution in [-0.2, 0) is 9.59 Å². The highest BCUT2D eigenvalue weighted by molar-refractivity contribution is 6.35. The van der Waals surface area contributed by atoms with Crippen LogP contribution in [-0.4, -0.2) is 50.1 Å². The number of methoxy groups -OCH3 is 1. The first kappa shape index (κ1) is 17.1. The van der Waals surface area contributed by atoms with Crippen molar-refractivity contribution in [2.24, 2.45) is 5.92 Å². The van der Waals surface area contributed by atoms with E-state index in [1.54, 1.807) is 36.3 Å². The lowest BCUT2D eigenvalue weighted by atomic mass is 9.99. The maximum Gasteiger partial charge on any atom is 0.311 e. The molecular weight excluding hydrogens is 296 g/mol. The summed E-state index contributed by atoms with van der Waals surface area (Å²) in [5.74, 6) is 1.07. The van der Waals surface area contributed by atoms with Crippen LogP contribution in [0.25, 0.3) is 0 Å². The van der Waals surface area contributed by atoms with E-state index in [1.807, 2.05) is 0 Å². The number of carbonyl (C=O) groups is 2. The second kappa shape index (κ2) is 8.41. The highest BCUT2D eigenvalue weighted by Crippen LogP contribution is 2.17. The van der Waals surface area contributed by atoms with Crippen LogP contribution in [0, 0.1) is 5.92 Å². The molecule has 1 heterocycles. The van der Waals surface area contributed by atoms with Crippen molar-refractivity contribution in [3.63, 3.8) is 0 Å². The zero-order valence-corrected chi connectivity index (χ0v) is 13.7. The minimum atomic E-state index is -0.558. The third-order valence-corrected chi connectivity index (χ3v) is 3.98. The first-order valence-corrected chi connectivity index (χ1v) is 7.94. The molecule has 1 aliphatic heterocycles. The lowest BCUT2D eigenvalue weighted by Gasteiger charge is -2.29. The highest BCUT2D eigenvalue weighted by atomic mass is 16.5. The van der Waals surface area contributed by atoms with E-state index < -0.39 is 11.8 Å². The molecule has 6 nitrogen and oxygen atoms in total. The molecule has 0 aliphatic carbocycles. The third kappa shape index (κ3) is 5.16. The van der Waals surface area contributed by atoms with Crippen molar-refractivity contribution in [2.75, 3.05) is 33.4 Å². The van der Waals surface area contributed by atoms with Gasteiger partial charge in [-0.2, -0.15) is 0 Å². The van der Waals surface area contributed by atoms with Crippen molar-refractivity contribution in [2.45, 2.75) is 19.8 Å². The number of hydrogen-bond donors (Lipinski definition) is 1. The van der Waals surface area contributed by atoms with Crippen LogP contribution in [0.5, 0.6) is 11.5 Å². The van der Waals surface area contributed by atoms with Crippen LogP contribution >= 0.6 is 0 Å². The van der Waals surface area contributed by atoms with Gasteiger partial charge in [0.1, 0.15) is 18.1 Å². The summed E-state index contributed by atoms with van der Waals surface area (Å²) < 4.78 is 10.6. The third-order valence-electron chi connectivity index (χ3n) is 3.98. The average Bonchev–Trinajstić information content (AvgIpc) is 2.59. The Kier molecular flexibility index (Phi) is 6.26. The Morgan fingerprint density at radius 3 is 2.39 bits per heavy atom. The predicted octanol–water partition coefficient (Wildman–Crippen LogP) is 1.45. The molecule has 1 fully saturated rings. The zero-order valence-electron chi connectivity index (χ0n) is 13.7. The van der Waals surface area contributed by atoms with Crippen LogP contribution in [0.1, 0.15) is 19.8 Å². The van der Waals surface area contributed by atoms with Crippen molar-refractivity contribution < 1.29 is 19.1 Å². The molecule has 1 aromatic rings. The van der Waals surface area contributed by atoms with Gasteiger partial charge in [-0.15, -0.1) is 0 Å². The van der Waals surface area contributed by atoms with E-state index in [9.17, 15) is 9.59 Å². The Labute approximate surface area is 136 Å². The molecule has 0 bridgehead atoms. The van der Waals surface area contributed by atoms with Crippen molar-refractivity contribution in [3.05, 3.63) is 24.3 Å². The maximum atomic E-state index is 12.0. The molecule has 126 valence electrons. The average molecular weight is 320 g/mol. The van der Waals surface area contributed by atoms with E-state index >= 15 is 0 Å². The van der Waals surface area contributed by atoms with E-state index in [0.29, 0.717) is 37.9 Å². The molecule has 0 radical (unpaired) electrons. The lowest BCUT2D eigenvalue weighted by Crippen LogP contribution is -2.46. The number of hydrogen-bond acceptors (Lipinski definition) is 4. The van der Waals surface area contributed by atoms with Gasteiger partial charge >= 0.3 is 11.8 Å². The minimum absolute atomic E-state index is 0.293. The van der Waals surface area contributed by atoms with Gasteiger partial charge in [0.2, 0.25) is 0 Å². The Hall–Kier alpha value is -2.24.